The van der Waals surface area contributed by atoms with Crippen LogP contribution >= 0.6 is 0 Å². The Bertz CT molecular complexity index is 722. The first kappa shape index (κ1) is 14.6. The second-order valence-electron chi connectivity index (χ2n) is 4.36. The summed E-state index contributed by atoms with van der Waals surface area (Å²) in [6, 6.07) is 8.29. The van der Waals surface area contributed by atoms with Gasteiger partial charge >= 0.3 is 0 Å². The summed E-state index contributed by atoms with van der Waals surface area (Å²) in [7, 11) is 4.60. The maximum atomic E-state index is 12.3. The summed E-state index contributed by atoms with van der Waals surface area (Å²) in [5.41, 5.74) is 0.417. The van der Waals surface area contributed by atoms with Crippen molar-refractivity contribution in [2.45, 2.75) is 0 Å². The number of ether oxygens (including phenoxy) is 2. The molecule has 1 aromatic carbocycles. The zero-order valence-corrected chi connectivity index (χ0v) is 12.0. The van der Waals surface area contributed by atoms with Gasteiger partial charge in [0.05, 0.1) is 26.1 Å². The standard InChI is InChI=1S/C15H16N2O4/c1-17-9-14(21-3)12(18)8-11(17)15(19)16-10-6-4-5-7-13(10)20-2/h4-9H,1-3H3,(H,16,19). The maximum Gasteiger partial charge on any atom is 0.272 e. The Hall–Kier alpha value is -2.76. The molecule has 6 heteroatoms. The van der Waals surface area contributed by atoms with E-state index in [0.717, 1.165) is 0 Å². The molecule has 0 bridgehead atoms. The number of pyridine rings is 1. The van der Waals surface area contributed by atoms with Gasteiger partial charge in [0.1, 0.15) is 11.4 Å². The van der Waals surface area contributed by atoms with Crippen molar-refractivity contribution in [3.8, 4) is 11.5 Å². The molecule has 0 saturated carbocycles. The maximum absolute atomic E-state index is 12.3. The zero-order chi connectivity index (χ0) is 15.4. The summed E-state index contributed by atoms with van der Waals surface area (Å²) in [5, 5.41) is 2.72. The Morgan fingerprint density at radius 1 is 1.14 bits per heavy atom. The monoisotopic (exact) mass is 288 g/mol. The van der Waals surface area contributed by atoms with Gasteiger partial charge < -0.3 is 19.4 Å². The lowest BCUT2D eigenvalue weighted by Gasteiger charge is -2.12. The molecule has 1 N–H and O–H groups in total. The summed E-state index contributed by atoms with van der Waals surface area (Å²) < 4.78 is 11.6. The minimum Gasteiger partial charge on any atom is -0.495 e. The van der Waals surface area contributed by atoms with Crippen molar-refractivity contribution in [3.63, 3.8) is 0 Å². The third-order valence-electron chi connectivity index (χ3n) is 3.01. The van der Waals surface area contributed by atoms with Gasteiger partial charge in [0.15, 0.2) is 5.75 Å². The van der Waals surface area contributed by atoms with Crippen LogP contribution in [0.1, 0.15) is 10.5 Å². The van der Waals surface area contributed by atoms with Crippen molar-refractivity contribution >= 4 is 11.6 Å². The van der Waals surface area contributed by atoms with E-state index in [0.29, 0.717) is 11.4 Å². The molecule has 2 aromatic rings. The van der Waals surface area contributed by atoms with Crippen molar-refractivity contribution in [1.29, 1.82) is 0 Å². The van der Waals surface area contributed by atoms with Gasteiger partial charge in [-0.05, 0) is 12.1 Å². The predicted octanol–water partition coefficient (Wildman–Crippen LogP) is 1.65. The lowest BCUT2D eigenvalue weighted by atomic mass is 10.2. The lowest BCUT2D eigenvalue weighted by Crippen LogP contribution is -2.21. The summed E-state index contributed by atoms with van der Waals surface area (Å²) >= 11 is 0. The summed E-state index contributed by atoms with van der Waals surface area (Å²) in [6.45, 7) is 0. The first-order chi connectivity index (χ1) is 10.1. The van der Waals surface area contributed by atoms with Crippen LogP contribution in [-0.2, 0) is 7.05 Å². The van der Waals surface area contributed by atoms with Crippen LogP contribution in [0, 0.1) is 0 Å². The Labute approximate surface area is 121 Å². The van der Waals surface area contributed by atoms with Gasteiger partial charge in [-0.1, -0.05) is 12.1 Å². The average molecular weight is 288 g/mol. The topological polar surface area (TPSA) is 69.6 Å². The molecular weight excluding hydrogens is 272 g/mol. The Morgan fingerprint density at radius 2 is 1.81 bits per heavy atom. The van der Waals surface area contributed by atoms with Gasteiger partial charge in [0.25, 0.3) is 5.91 Å². The number of hydrogen-bond acceptors (Lipinski definition) is 4. The number of carbonyl (C=O) groups is 1. The minimum absolute atomic E-state index is 0.186. The molecule has 0 atom stereocenters. The number of aromatic nitrogens is 1. The van der Waals surface area contributed by atoms with Crippen LogP contribution in [0.4, 0.5) is 5.69 Å². The third-order valence-corrected chi connectivity index (χ3v) is 3.01. The number of rotatable bonds is 4. The van der Waals surface area contributed by atoms with Crippen LogP contribution in [0.15, 0.2) is 41.3 Å². The van der Waals surface area contributed by atoms with E-state index in [1.54, 1.807) is 31.3 Å². The first-order valence-electron chi connectivity index (χ1n) is 6.26. The number of anilines is 1. The number of methoxy groups -OCH3 is 2. The lowest BCUT2D eigenvalue weighted by molar-refractivity contribution is 0.101. The molecule has 1 heterocycles. The molecule has 1 aromatic heterocycles. The quantitative estimate of drug-likeness (QED) is 0.929. The first-order valence-corrected chi connectivity index (χ1v) is 6.26. The molecule has 6 nitrogen and oxygen atoms in total. The number of aryl methyl sites for hydroxylation is 1. The van der Waals surface area contributed by atoms with E-state index in [-0.39, 0.29) is 16.9 Å². The molecule has 0 spiro atoms. The smallest absolute Gasteiger partial charge is 0.272 e. The molecule has 0 aliphatic heterocycles. The number of benzene rings is 1. The largest absolute Gasteiger partial charge is 0.495 e. The van der Waals surface area contributed by atoms with Crippen molar-refractivity contribution in [2.24, 2.45) is 7.05 Å². The molecule has 1 amide bonds. The Morgan fingerprint density at radius 3 is 2.48 bits per heavy atom. The number of nitrogens with one attached hydrogen (secondary N) is 1. The molecule has 0 aliphatic rings. The second kappa shape index (κ2) is 6.13. The third kappa shape index (κ3) is 3.05. The zero-order valence-electron chi connectivity index (χ0n) is 12.0. The van der Waals surface area contributed by atoms with Crippen LogP contribution in [0.3, 0.4) is 0 Å². The molecule has 0 unspecified atom stereocenters. The van der Waals surface area contributed by atoms with Crippen molar-refractivity contribution in [3.05, 3.63) is 52.4 Å². The Balaban J connectivity index is 2.33. The fourth-order valence-corrected chi connectivity index (χ4v) is 1.92. The highest BCUT2D eigenvalue weighted by Crippen LogP contribution is 2.23. The van der Waals surface area contributed by atoms with Crippen LogP contribution in [0.2, 0.25) is 0 Å². The minimum atomic E-state index is -0.401. The summed E-state index contributed by atoms with van der Waals surface area (Å²) in [4.78, 5) is 24.0. The highest BCUT2D eigenvalue weighted by molar-refractivity contribution is 6.03. The molecule has 110 valence electrons. The van der Waals surface area contributed by atoms with Crippen molar-refractivity contribution < 1.29 is 14.3 Å². The van der Waals surface area contributed by atoms with E-state index in [4.69, 9.17) is 9.47 Å². The molecule has 0 aliphatic carbocycles. The Kier molecular flexibility index (Phi) is 4.27. The van der Waals surface area contributed by atoms with Crippen molar-refractivity contribution in [2.75, 3.05) is 19.5 Å². The van der Waals surface area contributed by atoms with Gasteiger partial charge in [0, 0.05) is 13.1 Å². The normalized spacial score (nSPS) is 10.0. The number of amides is 1. The van der Waals surface area contributed by atoms with E-state index >= 15 is 0 Å². The number of hydrogen-bond donors (Lipinski definition) is 1. The molecular formula is C15H16N2O4. The molecule has 2 rings (SSSR count). The second-order valence-corrected chi connectivity index (χ2v) is 4.36. The predicted molar refractivity (Wildman–Crippen MR) is 79.2 cm³/mol. The molecule has 0 radical (unpaired) electrons. The van der Waals surface area contributed by atoms with E-state index in [1.165, 1.54) is 31.0 Å². The van der Waals surface area contributed by atoms with Gasteiger partial charge in [-0.15, -0.1) is 0 Å². The van der Waals surface area contributed by atoms with E-state index in [9.17, 15) is 9.59 Å². The average Bonchev–Trinajstić information content (AvgIpc) is 2.49. The fraction of sp³-hybridized carbons (Fsp3) is 0.200. The summed E-state index contributed by atoms with van der Waals surface area (Å²) in [5.74, 6) is 0.331. The molecule has 0 fully saturated rings. The summed E-state index contributed by atoms with van der Waals surface area (Å²) in [6.07, 6.45) is 1.47. The highest BCUT2D eigenvalue weighted by Gasteiger charge is 2.14. The van der Waals surface area contributed by atoms with E-state index < -0.39 is 5.91 Å². The highest BCUT2D eigenvalue weighted by atomic mass is 16.5. The molecule has 0 saturated heterocycles. The van der Waals surface area contributed by atoms with E-state index in [1.807, 2.05) is 0 Å². The van der Waals surface area contributed by atoms with Gasteiger partial charge in [-0.2, -0.15) is 0 Å². The fourth-order valence-electron chi connectivity index (χ4n) is 1.92. The van der Waals surface area contributed by atoms with Gasteiger partial charge in [0.2, 0.25) is 5.43 Å². The van der Waals surface area contributed by atoms with Crippen LogP contribution in [-0.4, -0.2) is 24.7 Å². The number of nitrogens with zero attached hydrogens (tertiary/aromatic N) is 1. The van der Waals surface area contributed by atoms with Crippen LogP contribution < -0.4 is 20.2 Å². The number of carbonyl (C=O) groups excluding carboxylic acids is 1. The number of para-hydroxylation sites is 2. The van der Waals surface area contributed by atoms with Crippen LogP contribution in [0.5, 0.6) is 11.5 Å². The van der Waals surface area contributed by atoms with Gasteiger partial charge in [-0.25, -0.2) is 0 Å². The van der Waals surface area contributed by atoms with Crippen LogP contribution in [0.25, 0.3) is 0 Å². The molecule has 21 heavy (non-hydrogen) atoms. The SMILES string of the molecule is COc1ccccc1NC(=O)c1cc(=O)c(OC)cn1C. The van der Waals surface area contributed by atoms with Gasteiger partial charge in [-0.3, -0.25) is 9.59 Å². The van der Waals surface area contributed by atoms with Crippen molar-refractivity contribution in [1.82, 2.24) is 4.57 Å². The van der Waals surface area contributed by atoms with E-state index in [2.05, 4.69) is 5.32 Å².